The number of fused-ring (bicyclic) bond motifs is 3. The van der Waals surface area contributed by atoms with Gasteiger partial charge in [-0.25, -0.2) is 4.79 Å². The Balaban J connectivity index is 1.92. The van der Waals surface area contributed by atoms with Gasteiger partial charge in [0.15, 0.2) is 0 Å². The lowest BCUT2D eigenvalue weighted by Crippen LogP contribution is -2.00. The summed E-state index contributed by atoms with van der Waals surface area (Å²) in [5.74, 6) is 0. The van der Waals surface area contributed by atoms with E-state index in [1.807, 2.05) is 54.6 Å². The summed E-state index contributed by atoms with van der Waals surface area (Å²) in [6.45, 7) is 0. The molecule has 1 heterocycles. The minimum Gasteiger partial charge on any atom is -0.422 e. The summed E-state index contributed by atoms with van der Waals surface area (Å²) >= 11 is 6.19. The topological polar surface area (TPSA) is 42.2 Å². The molecule has 0 fully saturated rings. The van der Waals surface area contributed by atoms with Crippen LogP contribution in [0.1, 0.15) is 0 Å². The Kier molecular flexibility index (Phi) is 3.28. The number of hydrogen-bond acceptors (Lipinski definition) is 3. The van der Waals surface area contributed by atoms with Crippen molar-refractivity contribution in [1.82, 2.24) is 0 Å². The lowest BCUT2D eigenvalue weighted by Gasteiger charge is -2.10. The fraction of sp³-hybridized carbons (Fsp3) is 0. The van der Waals surface area contributed by atoms with Crippen molar-refractivity contribution in [1.29, 1.82) is 0 Å². The fourth-order valence-corrected chi connectivity index (χ4v) is 2.86. The molecular formula is C19H12ClNO2. The minimum absolute atomic E-state index is 0.331. The van der Waals surface area contributed by atoms with Crippen molar-refractivity contribution in [2.24, 2.45) is 0 Å². The van der Waals surface area contributed by atoms with Crippen LogP contribution in [-0.4, -0.2) is 0 Å². The van der Waals surface area contributed by atoms with Gasteiger partial charge in [-0.1, -0.05) is 41.9 Å². The molecule has 23 heavy (non-hydrogen) atoms. The van der Waals surface area contributed by atoms with Crippen LogP contribution >= 0.6 is 11.6 Å². The van der Waals surface area contributed by atoms with Crippen molar-refractivity contribution < 1.29 is 4.42 Å². The van der Waals surface area contributed by atoms with E-state index in [-0.39, 0.29) is 5.63 Å². The number of halogens is 1. The number of nitrogens with one attached hydrogen (secondary N) is 1. The van der Waals surface area contributed by atoms with Crippen LogP contribution in [0, 0.1) is 0 Å². The summed E-state index contributed by atoms with van der Waals surface area (Å²) in [7, 11) is 0. The average Bonchev–Trinajstić information content (AvgIpc) is 2.57. The molecule has 0 saturated carbocycles. The van der Waals surface area contributed by atoms with Gasteiger partial charge in [-0.3, -0.25) is 0 Å². The normalized spacial score (nSPS) is 11.0. The molecule has 1 N–H and O–H groups in total. The zero-order chi connectivity index (χ0) is 15.8. The van der Waals surface area contributed by atoms with E-state index in [2.05, 4.69) is 5.32 Å². The number of rotatable bonds is 2. The fourth-order valence-electron chi connectivity index (χ4n) is 2.67. The predicted molar refractivity (Wildman–Crippen MR) is 94.7 cm³/mol. The summed E-state index contributed by atoms with van der Waals surface area (Å²) in [5, 5.41) is 6.25. The van der Waals surface area contributed by atoms with Crippen molar-refractivity contribution in [3.05, 3.63) is 82.2 Å². The molecule has 0 aliphatic rings. The predicted octanol–water partition coefficient (Wildman–Crippen LogP) is 5.34. The van der Waals surface area contributed by atoms with Crippen LogP contribution in [-0.2, 0) is 0 Å². The summed E-state index contributed by atoms with van der Waals surface area (Å²) in [6.07, 6.45) is 0. The maximum Gasteiger partial charge on any atom is 0.344 e. The van der Waals surface area contributed by atoms with Crippen LogP contribution in [0.15, 0.2) is 75.9 Å². The monoisotopic (exact) mass is 321 g/mol. The summed E-state index contributed by atoms with van der Waals surface area (Å²) in [5.41, 5.74) is 1.94. The maximum atomic E-state index is 12.1. The van der Waals surface area contributed by atoms with Crippen molar-refractivity contribution in [2.45, 2.75) is 0 Å². The largest absolute Gasteiger partial charge is 0.422 e. The van der Waals surface area contributed by atoms with Gasteiger partial charge in [0.05, 0.1) is 16.1 Å². The van der Waals surface area contributed by atoms with Gasteiger partial charge >= 0.3 is 5.63 Å². The first-order valence-corrected chi connectivity index (χ1v) is 7.57. The average molecular weight is 322 g/mol. The molecule has 0 aliphatic carbocycles. The lowest BCUT2D eigenvalue weighted by atomic mass is 10.1. The van der Waals surface area contributed by atoms with E-state index in [4.69, 9.17) is 16.0 Å². The standard InChI is InChI=1S/C19H12ClNO2/c20-16-6-2-3-7-17(16)21-12-9-10-14-15(11-12)13-5-1-4-8-18(13)23-19(14)22/h1-11,21H. The molecular weight excluding hydrogens is 310 g/mol. The second kappa shape index (κ2) is 5.45. The number of benzene rings is 3. The zero-order valence-corrected chi connectivity index (χ0v) is 12.8. The van der Waals surface area contributed by atoms with E-state index >= 15 is 0 Å². The molecule has 0 unspecified atom stereocenters. The van der Waals surface area contributed by atoms with Crippen LogP contribution < -0.4 is 10.9 Å². The lowest BCUT2D eigenvalue weighted by molar-refractivity contribution is 0.569. The van der Waals surface area contributed by atoms with Crippen molar-refractivity contribution >= 4 is 44.7 Å². The second-order valence-corrected chi connectivity index (χ2v) is 5.66. The first kappa shape index (κ1) is 13.9. The van der Waals surface area contributed by atoms with E-state index in [1.165, 1.54) is 0 Å². The first-order chi connectivity index (χ1) is 11.2. The second-order valence-electron chi connectivity index (χ2n) is 5.25. The Hall–Kier alpha value is -2.78. The third kappa shape index (κ3) is 2.45. The Morgan fingerprint density at radius 3 is 2.48 bits per heavy atom. The molecule has 0 bridgehead atoms. The smallest absolute Gasteiger partial charge is 0.344 e. The summed E-state index contributed by atoms with van der Waals surface area (Å²) < 4.78 is 5.36. The highest BCUT2D eigenvalue weighted by Crippen LogP contribution is 2.29. The molecule has 0 spiro atoms. The Bertz CT molecular complexity index is 1090. The van der Waals surface area contributed by atoms with Gasteiger partial charge < -0.3 is 9.73 Å². The van der Waals surface area contributed by atoms with E-state index in [0.717, 1.165) is 22.1 Å². The zero-order valence-electron chi connectivity index (χ0n) is 12.0. The van der Waals surface area contributed by atoms with Gasteiger partial charge in [-0.2, -0.15) is 0 Å². The van der Waals surface area contributed by atoms with Crippen LogP contribution in [0.3, 0.4) is 0 Å². The quantitative estimate of drug-likeness (QED) is 0.400. The molecule has 3 aromatic carbocycles. The molecule has 4 aromatic rings. The summed E-state index contributed by atoms with van der Waals surface area (Å²) in [4.78, 5) is 12.1. The van der Waals surface area contributed by atoms with Crippen LogP contribution in [0.25, 0.3) is 21.7 Å². The highest BCUT2D eigenvalue weighted by molar-refractivity contribution is 6.33. The molecule has 0 atom stereocenters. The van der Waals surface area contributed by atoms with Gasteiger partial charge in [-0.15, -0.1) is 0 Å². The van der Waals surface area contributed by atoms with Crippen LogP contribution in [0.4, 0.5) is 11.4 Å². The van der Waals surface area contributed by atoms with Gasteiger partial charge in [0, 0.05) is 16.5 Å². The van der Waals surface area contributed by atoms with Gasteiger partial charge in [-0.05, 0) is 36.4 Å². The van der Waals surface area contributed by atoms with E-state index in [0.29, 0.717) is 16.0 Å². The number of para-hydroxylation sites is 2. The maximum absolute atomic E-state index is 12.1. The Morgan fingerprint density at radius 2 is 1.61 bits per heavy atom. The van der Waals surface area contributed by atoms with Crippen LogP contribution in [0.2, 0.25) is 5.02 Å². The summed E-state index contributed by atoms with van der Waals surface area (Å²) in [6, 6.07) is 20.6. The molecule has 3 nitrogen and oxygen atoms in total. The van der Waals surface area contributed by atoms with Gasteiger partial charge in [0.25, 0.3) is 0 Å². The third-order valence-electron chi connectivity index (χ3n) is 3.77. The number of hydrogen-bond donors (Lipinski definition) is 1. The molecule has 4 heteroatoms. The van der Waals surface area contributed by atoms with E-state index < -0.39 is 0 Å². The van der Waals surface area contributed by atoms with E-state index in [1.54, 1.807) is 12.1 Å². The van der Waals surface area contributed by atoms with Crippen molar-refractivity contribution in [3.8, 4) is 0 Å². The number of anilines is 2. The van der Waals surface area contributed by atoms with E-state index in [9.17, 15) is 4.79 Å². The van der Waals surface area contributed by atoms with Crippen LogP contribution in [0.5, 0.6) is 0 Å². The minimum atomic E-state index is -0.331. The SMILES string of the molecule is O=c1oc2ccccc2c2cc(Nc3ccccc3Cl)ccc12. The van der Waals surface area contributed by atoms with Crippen molar-refractivity contribution in [3.63, 3.8) is 0 Å². The molecule has 0 radical (unpaired) electrons. The first-order valence-electron chi connectivity index (χ1n) is 7.19. The molecule has 0 saturated heterocycles. The Labute approximate surface area is 137 Å². The Morgan fingerprint density at radius 1 is 0.826 bits per heavy atom. The molecule has 0 aliphatic heterocycles. The molecule has 112 valence electrons. The molecule has 4 rings (SSSR count). The molecule has 1 aromatic heterocycles. The molecule has 0 amide bonds. The van der Waals surface area contributed by atoms with Gasteiger partial charge in [0.1, 0.15) is 5.58 Å². The third-order valence-corrected chi connectivity index (χ3v) is 4.10. The highest BCUT2D eigenvalue weighted by atomic mass is 35.5. The highest BCUT2D eigenvalue weighted by Gasteiger charge is 2.08. The van der Waals surface area contributed by atoms with Gasteiger partial charge in [0.2, 0.25) is 0 Å². The van der Waals surface area contributed by atoms with Crippen molar-refractivity contribution in [2.75, 3.05) is 5.32 Å².